The summed E-state index contributed by atoms with van der Waals surface area (Å²) < 4.78 is 5.22. The maximum Gasteiger partial charge on any atom is 0.340 e. The number of rotatable bonds is 6. The number of nitrogen functional groups attached to an aromatic ring is 1. The summed E-state index contributed by atoms with van der Waals surface area (Å²) in [7, 11) is 0. The molecule has 5 heteroatoms. The maximum absolute atomic E-state index is 12.0. The fourth-order valence-electron chi connectivity index (χ4n) is 1.43. The zero-order valence-electron chi connectivity index (χ0n) is 11.1. The number of hydrogen-bond donors (Lipinski definition) is 1. The van der Waals surface area contributed by atoms with Crippen molar-refractivity contribution in [2.24, 2.45) is 0 Å². The zero-order chi connectivity index (χ0) is 13.5. The summed E-state index contributed by atoms with van der Waals surface area (Å²) >= 11 is 1.33. The number of aromatic nitrogens is 1. The fraction of sp³-hybridized carbons (Fsp3) is 0.538. The summed E-state index contributed by atoms with van der Waals surface area (Å²) in [6.45, 7) is 5.77. The van der Waals surface area contributed by atoms with Gasteiger partial charge in [-0.2, -0.15) is 0 Å². The lowest BCUT2D eigenvalue weighted by atomic mass is 10.1. The molecule has 0 aliphatic rings. The van der Waals surface area contributed by atoms with Crippen LogP contribution in [-0.4, -0.2) is 17.1 Å². The van der Waals surface area contributed by atoms with Crippen LogP contribution in [0.3, 0.4) is 0 Å². The molecule has 0 aromatic carbocycles. The first-order valence-corrected chi connectivity index (χ1v) is 7.05. The average molecular weight is 268 g/mol. The molecule has 1 aromatic rings. The van der Waals surface area contributed by atoms with Gasteiger partial charge in [0.15, 0.2) is 5.13 Å². The van der Waals surface area contributed by atoms with Gasteiger partial charge < -0.3 is 10.5 Å². The summed E-state index contributed by atoms with van der Waals surface area (Å²) in [6, 6.07) is 0. The molecule has 0 atom stereocenters. The number of thiazole rings is 1. The number of esters is 1. The van der Waals surface area contributed by atoms with Crippen molar-refractivity contribution in [2.75, 3.05) is 5.73 Å². The van der Waals surface area contributed by atoms with E-state index in [9.17, 15) is 4.79 Å². The highest BCUT2D eigenvalue weighted by molar-refractivity contribution is 7.13. The van der Waals surface area contributed by atoms with Gasteiger partial charge in [-0.3, -0.25) is 0 Å². The van der Waals surface area contributed by atoms with Crippen LogP contribution in [-0.2, 0) is 9.53 Å². The lowest BCUT2D eigenvalue weighted by molar-refractivity contribution is -0.140. The minimum Gasteiger partial charge on any atom is -0.459 e. The normalized spacial score (nSPS) is 11.9. The van der Waals surface area contributed by atoms with Crippen molar-refractivity contribution in [3.63, 3.8) is 0 Å². The molecule has 0 bridgehead atoms. The number of carbonyl (C=O) groups excluding carboxylic acids is 1. The van der Waals surface area contributed by atoms with Gasteiger partial charge in [-0.1, -0.05) is 25.8 Å². The second-order valence-corrected chi connectivity index (χ2v) is 5.17. The van der Waals surface area contributed by atoms with Crippen LogP contribution in [0.25, 0.3) is 5.57 Å². The molecule has 2 N–H and O–H groups in total. The molecule has 0 radical (unpaired) electrons. The van der Waals surface area contributed by atoms with Gasteiger partial charge in [-0.15, -0.1) is 11.3 Å². The van der Waals surface area contributed by atoms with Crippen LogP contribution < -0.4 is 5.73 Å². The summed E-state index contributed by atoms with van der Waals surface area (Å²) in [6.07, 6.45) is 4.72. The van der Waals surface area contributed by atoms with Crippen molar-refractivity contribution in [3.8, 4) is 0 Å². The van der Waals surface area contributed by atoms with E-state index in [1.165, 1.54) is 11.3 Å². The van der Waals surface area contributed by atoms with Crippen LogP contribution in [0.1, 0.15) is 45.7 Å². The third-order valence-corrected chi connectivity index (χ3v) is 2.94. The van der Waals surface area contributed by atoms with E-state index in [4.69, 9.17) is 10.5 Å². The van der Waals surface area contributed by atoms with Gasteiger partial charge in [-0.25, -0.2) is 9.78 Å². The number of anilines is 1. The van der Waals surface area contributed by atoms with E-state index in [2.05, 4.69) is 11.9 Å². The SMILES string of the molecule is CCCC/C=C(/C(=O)OC(C)C)c1csc(N)n1. The van der Waals surface area contributed by atoms with Gasteiger partial charge in [0.2, 0.25) is 0 Å². The van der Waals surface area contributed by atoms with Crippen LogP contribution in [0.2, 0.25) is 0 Å². The largest absolute Gasteiger partial charge is 0.459 e. The third-order valence-electron chi connectivity index (χ3n) is 2.27. The topological polar surface area (TPSA) is 65.2 Å². The molecule has 4 nitrogen and oxygen atoms in total. The second-order valence-electron chi connectivity index (χ2n) is 4.29. The Balaban J connectivity index is 2.88. The molecule has 0 saturated carbocycles. The maximum atomic E-state index is 12.0. The fourth-order valence-corrected chi connectivity index (χ4v) is 1.99. The Kier molecular flexibility index (Phi) is 5.85. The van der Waals surface area contributed by atoms with Crippen molar-refractivity contribution < 1.29 is 9.53 Å². The van der Waals surface area contributed by atoms with Gasteiger partial charge in [0.05, 0.1) is 17.4 Å². The van der Waals surface area contributed by atoms with E-state index >= 15 is 0 Å². The molecule has 1 rings (SSSR count). The highest BCUT2D eigenvalue weighted by Crippen LogP contribution is 2.22. The van der Waals surface area contributed by atoms with Gasteiger partial charge in [0.25, 0.3) is 0 Å². The highest BCUT2D eigenvalue weighted by Gasteiger charge is 2.17. The van der Waals surface area contributed by atoms with Crippen LogP contribution in [0.5, 0.6) is 0 Å². The number of nitrogens with zero attached hydrogens (tertiary/aromatic N) is 1. The van der Waals surface area contributed by atoms with Crippen LogP contribution in [0.4, 0.5) is 5.13 Å². The Morgan fingerprint density at radius 3 is 2.83 bits per heavy atom. The number of hydrogen-bond acceptors (Lipinski definition) is 5. The number of nitrogens with two attached hydrogens (primary N) is 1. The molecule has 100 valence electrons. The van der Waals surface area contributed by atoms with Crippen molar-refractivity contribution in [1.29, 1.82) is 0 Å². The van der Waals surface area contributed by atoms with Gasteiger partial charge in [0, 0.05) is 5.38 Å². The Hall–Kier alpha value is -1.36. The molecule has 1 aromatic heterocycles. The third kappa shape index (κ3) is 4.49. The number of carbonyl (C=O) groups is 1. The minimum atomic E-state index is -0.327. The first-order valence-electron chi connectivity index (χ1n) is 6.17. The Morgan fingerprint density at radius 2 is 2.33 bits per heavy atom. The van der Waals surface area contributed by atoms with Crippen molar-refractivity contribution in [3.05, 3.63) is 17.2 Å². The molecule has 0 amide bonds. The molecule has 1 heterocycles. The molecule has 0 unspecified atom stereocenters. The number of ether oxygens (including phenoxy) is 1. The molecule has 0 fully saturated rings. The predicted octanol–water partition coefficient (Wildman–Crippen LogP) is 3.25. The monoisotopic (exact) mass is 268 g/mol. The van der Waals surface area contributed by atoms with E-state index in [1.807, 2.05) is 19.9 Å². The molecule has 0 saturated heterocycles. The number of allylic oxidation sites excluding steroid dienone is 1. The van der Waals surface area contributed by atoms with E-state index in [0.29, 0.717) is 16.4 Å². The molecule has 18 heavy (non-hydrogen) atoms. The Bertz CT molecular complexity index is 424. The zero-order valence-corrected chi connectivity index (χ0v) is 11.9. The highest BCUT2D eigenvalue weighted by atomic mass is 32.1. The summed E-state index contributed by atoms with van der Waals surface area (Å²) in [5.74, 6) is -0.327. The summed E-state index contributed by atoms with van der Waals surface area (Å²) in [5, 5.41) is 2.25. The molecule has 0 aliphatic heterocycles. The molecule has 0 spiro atoms. The standard InChI is InChI=1S/C13H20N2O2S/c1-4-5-6-7-10(12(16)17-9(2)3)11-8-18-13(14)15-11/h7-9H,4-6H2,1-3H3,(H2,14,15)/b10-7+. The minimum absolute atomic E-state index is 0.136. The van der Waals surface area contributed by atoms with E-state index in [0.717, 1.165) is 19.3 Å². The summed E-state index contributed by atoms with van der Waals surface area (Å²) in [5.41, 5.74) is 6.73. The number of unbranched alkanes of at least 4 members (excludes halogenated alkanes) is 2. The van der Waals surface area contributed by atoms with E-state index < -0.39 is 0 Å². The van der Waals surface area contributed by atoms with Crippen molar-refractivity contribution >= 4 is 28.0 Å². The lowest BCUT2D eigenvalue weighted by Crippen LogP contribution is -2.13. The van der Waals surface area contributed by atoms with Crippen molar-refractivity contribution in [1.82, 2.24) is 4.98 Å². The van der Waals surface area contributed by atoms with Gasteiger partial charge in [-0.05, 0) is 20.3 Å². The summed E-state index contributed by atoms with van der Waals surface area (Å²) in [4.78, 5) is 16.1. The molecular weight excluding hydrogens is 248 g/mol. The van der Waals surface area contributed by atoms with Crippen LogP contribution >= 0.6 is 11.3 Å². The van der Waals surface area contributed by atoms with Gasteiger partial charge >= 0.3 is 5.97 Å². The second kappa shape index (κ2) is 7.16. The van der Waals surface area contributed by atoms with Crippen LogP contribution in [0, 0.1) is 0 Å². The van der Waals surface area contributed by atoms with Crippen LogP contribution in [0.15, 0.2) is 11.5 Å². The van der Waals surface area contributed by atoms with E-state index in [1.54, 1.807) is 5.38 Å². The quantitative estimate of drug-likeness (QED) is 0.488. The molecular formula is C13H20N2O2S. The first-order chi connectivity index (χ1) is 8.54. The first kappa shape index (κ1) is 14.7. The van der Waals surface area contributed by atoms with Crippen molar-refractivity contribution in [2.45, 2.75) is 46.1 Å². The van der Waals surface area contributed by atoms with E-state index in [-0.39, 0.29) is 12.1 Å². The predicted molar refractivity (Wildman–Crippen MR) is 75.3 cm³/mol. The smallest absolute Gasteiger partial charge is 0.340 e. The van der Waals surface area contributed by atoms with Gasteiger partial charge in [0.1, 0.15) is 0 Å². The Morgan fingerprint density at radius 1 is 1.61 bits per heavy atom. The Labute approximate surface area is 112 Å². The molecule has 0 aliphatic carbocycles. The average Bonchev–Trinajstić information content (AvgIpc) is 2.70. The lowest BCUT2D eigenvalue weighted by Gasteiger charge is -2.09.